The highest BCUT2D eigenvalue weighted by Gasteiger charge is 2.14. The predicted molar refractivity (Wildman–Crippen MR) is 99.5 cm³/mol. The van der Waals surface area contributed by atoms with E-state index in [0.29, 0.717) is 22.3 Å². The van der Waals surface area contributed by atoms with Crippen LogP contribution in [0.2, 0.25) is 0 Å². The molecule has 3 heterocycles. The zero-order valence-electron chi connectivity index (χ0n) is 14.3. The van der Waals surface area contributed by atoms with Crippen molar-refractivity contribution in [2.24, 2.45) is 0 Å². The summed E-state index contributed by atoms with van der Waals surface area (Å²) < 4.78 is 7.02. The summed E-state index contributed by atoms with van der Waals surface area (Å²) in [5.74, 6) is 1.01. The van der Waals surface area contributed by atoms with E-state index in [9.17, 15) is 4.79 Å². The average molecular weight is 364 g/mol. The molecule has 0 saturated heterocycles. The van der Waals surface area contributed by atoms with Gasteiger partial charge in [0.1, 0.15) is 5.69 Å². The normalized spacial score (nSPS) is 11.2. The van der Waals surface area contributed by atoms with E-state index >= 15 is 0 Å². The molecule has 0 amide bonds. The molecule has 4 rings (SSSR count). The highest BCUT2D eigenvalue weighted by atomic mass is 32.2. The molecule has 0 bridgehead atoms. The van der Waals surface area contributed by atoms with Gasteiger partial charge in [0.2, 0.25) is 5.16 Å². The van der Waals surface area contributed by atoms with Gasteiger partial charge in [0.05, 0.1) is 12.0 Å². The van der Waals surface area contributed by atoms with Gasteiger partial charge in [-0.3, -0.25) is 4.79 Å². The monoisotopic (exact) mass is 364 g/mol. The molecule has 0 saturated carbocycles. The lowest BCUT2D eigenvalue weighted by Gasteiger charge is -2.05. The summed E-state index contributed by atoms with van der Waals surface area (Å²) in [5, 5.41) is 13.4. The highest BCUT2D eigenvalue weighted by Crippen LogP contribution is 2.22. The molecule has 0 aliphatic heterocycles. The van der Waals surface area contributed by atoms with Crippen LogP contribution in [0.25, 0.3) is 17.1 Å². The number of thioether (sulfide) groups is 1. The summed E-state index contributed by atoms with van der Waals surface area (Å²) in [7, 11) is 0. The van der Waals surface area contributed by atoms with Gasteiger partial charge in [0.15, 0.2) is 17.2 Å². The molecule has 0 N–H and O–H groups in total. The topological polar surface area (TPSA) is 73.3 Å². The zero-order chi connectivity index (χ0) is 18.1. The number of aromatic nitrogens is 4. The number of carbonyl (C=O) groups excluding carboxylic acids is 1. The Balaban J connectivity index is 1.57. The molecule has 0 atom stereocenters. The Labute approximate surface area is 154 Å². The third kappa shape index (κ3) is 3.13. The van der Waals surface area contributed by atoms with Crippen molar-refractivity contribution in [2.75, 3.05) is 5.75 Å². The second kappa shape index (κ2) is 6.76. The van der Waals surface area contributed by atoms with Gasteiger partial charge in [-0.2, -0.15) is 9.61 Å². The molecule has 0 aliphatic rings. The number of rotatable bonds is 5. The van der Waals surface area contributed by atoms with E-state index in [2.05, 4.69) is 15.3 Å². The first-order chi connectivity index (χ1) is 12.6. The number of fused-ring (bicyclic) bond motifs is 1. The number of hydrogen-bond acceptors (Lipinski definition) is 6. The first kappa shape index (κ1) is 16.5. The van der Waals surface area contributed by atoms with Crippen LogP contribution in [0.3, 0.4) is 0 Å². The van der Waals surface area contributed by atoms with Crippen LogP contribution in [0.4, 0.5) is 0 Å². The first-order valence-electron chi connectivity index (χ1n) is 8.11. The maximum atomic E-state index is 12.5. The maximum Gasteiger partial charge on any atom is 0.212 e. The van der Waals surface area contributed by atoms with Crippen LogP contribution in [-0.2, 0) is 0 Å². The van der Waals surface area contributed by atoms with Crippen molar-refractivity contribution in [1.82, 2.24) is 19.8 Å². The lowest BCUT2D eigenvalue weighted by Crippen LogP contribution is -2.06. The molecular formula is C19H16N4O2S. The Morgan fingerprint density at radius 3 is 2.81 bits per heavy atom. The quantitative estimate of drug-likeness (QED) is 0.394. The summed E-state index contributed by atoms with van der Waals surface area (Å²) in [6.45, 7) is 3.97. The van der Waals surface area contributed by atoms with Gasteiger partial charge in [-0.1, -0.05) is 35.5 Å². The Bertz CT molecular complexity index is 1090. The Morgan fingerprint density at radius 1 is 1.15 bits per heavy atom. The van der Waals surface area contributed by atoms with Gasteiger partial charge >= 0.3 is 0 Å². The lowest BCUT2D eigenvalue weighted by atomic mass is 10.0. The smallest absolute Gasteiger partial charge is 0.212 e. The van der Waals surface area contributed by atoms with E-state index < -0.39 is 0 Å². The average Bonchev–Trinajstić information content (AvgIpc) is 3.29. The van der Waals surface area contributed by atoms with E-state index in [-0.39, 0.29) is 11.5 Å². The zero-order valence-corrected chi connectivity index (χ0v) is 15.2. The van der Waals surface area contributed by atoms with Crippen molar-refractivity contribution >= 4 is 23.2 Å². The first-order valence-corrected chi connectivity index (χ1v) is 9.10. The minimum Gasteiger partial charge on any atom is -0.463 e. The molecule has 0 aliphatic carbocycles. The van der Waals surface area contributed by atoms with Crippen molar-refractivity contribution in [3.05, 3.63) is 65.4 Å². The van der Waals surface area contributed by atoms with Gasteiger partial charge in [-0.15, -0.1) is 10.2 Å². The molecule has 0 spiro atoms. The fraction of sp³-hybridized carbons (Fsp3) is 0.158. The third-order valence-corrected chi connectivity index (χ3v) is 4.94. The van der Waals surface area contributed by atoms with Crippen molar-refractivity contribution < 1.29 is 9.21 Å². The molecule has 0 radical (unpaired) electrons. The van der Waals surface area contributed by atoms with Gasteiger partial charge in [-0.05, 0) is 43.7 Å². The van der Waals surface area contributed by atoms with Crippen LogP contribution in [0.15, 0.2) is 58.3 Å². The summed E-state index contributed by atoms with van der Waals surface area (Å²) in [6.07, 6.45) is 1.60. The van der Waals surface area contributed by atoms with Crippen LogP contribution in [0.1, 0.15) is 21.5 Å². The maximum absolute atomic E-state index is 12.5. The summed E-state index contributed by atoms with van der Waals surface area (Å²) in [4.78, 5) is 12.5. The number of carbonyl (C=O) groups is 1. The standard InChI is InChI=1S/C19H16N4O2S/c1-12-5-6-14(13(2)10-12)16(24)11-26-19-21-20-18-8-7-15(22-23(18)19)17-4-3-9-25-17/h3-10H,11H2,1-2H3. The van der Waals surface area contributed by atoms with E-state index in [1.165, 1.54) is 11.8 Å². The van der Waals surface area contributed by atoms with Gasteiger partial charge in [0.25, 0.3) is 0 Å². The van der Waals surface area contributed by atoms with Crippen LogP contribution in [0, 0.1) is 13.8 Å². The molecule has 7 heteroatoms. The summed E-state index contributed by atoms with van der Waals surface area (Å²) in [5.41, 5.74) is 4.18. The number of aryl methyl sites for hydroxylation is 2. The molecule has 26 heavy (non-hydrogen) atoms. The number of furan rings is 1. The molecule has 6 nitrogen and oxygen atoms in total. The van der Waals surface area contributed by atoms with Crippen molar-refractivity contribution in [3.63, 3.8) is 0 Å². The lowest BCUT2D eigenvalue weighted by molar-refractivity contribution is 0.102. The van der Waals surface area contributed by atoms with Crippen molar-refractivity contribution in [2.45, 2.75) is 19.0 Å². The largest absolute Gasteiger partial charge is 0.463 e. The number of benzene rings is 1. The minimum absolute atomic E-state index is 0.0615. The molecule has 0 fully saturated rings. The second-order valence-electron chi connectivity index (χ2n) is 5.98. The highest BCUT2D eigenvalue weighted by molar-refractivity contribution is 7.99. The van der Waals surface area contributed by atoms with Crippen molar-refractivity contribution in [3.8, 4) is 11.5 Å². The second-order valence-corrected chi connectivity index (χ2v) is 6.92. The minimum atomic E-state index is 0.0615. The van der Waals surface area contributed by atoms with E-state index in [1.807, 2.05) is 56.3 Å². The number of nitrogens with zero attached hydrogens (tertiary/aromatic N) is 4. The number of hydrogen-bond donors (Lipinski definition) is 0. The van der Waals surface area contributed by atoms with Crippen LogP contribution in [-0.4, -0.2) is 31.3 Å². The Morgan fingerprint density at radius 2 is 2.04 bits per heavy atom. The molecular weight excluding hydrogens is 348 g/mol. The molecule has 1 aromatic carbocycles. The van der Waals surface area contributed by atoms with Crippen LogP contribution < -0.4 is 0 Å². The van der Waals surface area contributed by atoms with E-state index in [0.717, 1.165) is 16.7 Å². The third-order valence-electron chi connectivity index (χ3n) is 4.02. The Hall–Kier alpha value is -2.93. The Kier molecular flexibility index (Phi) is 4.30. The summed E-state index contributed by atoms with van der Waals surface area (Å²) >= 11 is 1.33. The van der Waals surface area contributed by atoms with Crippen LogP contribution in [0.5, 0.6) is 0 Å². The fourth-order valence-corrected chi connectivity index (χ4v) is 3.52. The van der Waals surface area contributed by atoms with Gasteiger partial charge in [0, 0.05) is 5.56 Å². The summed E-state index contributed by atoms with van der Waals surface area (Å²) in [6, 6.07) is 13.2. The van der Waals surface area contributed by atoms with E-state index in [4.69, 9.17) is 4.42 Å². The van der Waals surface area contributed by atoms with Gasteiger partial charge < -0.3 is 4.42 Å². The molecule has 0 unspecified atom stereocenters. The SMILES string of the molecule is Cc1ccc(C(=O)CSc2nnc3ccc(-c4ccco4)nn23)c(C)c1. The molecule has 4 aromatic rings. The van der Waals surface area contributed by atoms with Gasteiger partial charge in [-0.25, -0.2) is 0 Å². The van der Waals surface area contributed by atoms with Crippen molar-refractivity contribution in [1.29, 1.82) is 0 Å². The predicted octanol–water partition coefficient (Wildman–Crippen LogP) is 3.98. The van der Waals surface area contributed by atoms with Crippen LogP contribution >= 0.6 is 11.8 Å². The van der Waals surface area contributed by atoms with E-state index in [1.54, 1.807) is 10.8 Å². The fourth-order valence-electron chi connectivity index (χ4n) is 2.75. The molecule has 130 valence electrons. The number of ketones is 1. The number of Topliss-reactive ketones (excluding diaryl/α,β-unsaturated/α-hetero) is 1. The molecule has 3 aromatic heterocycles.